The van der Waals surface area contributed by atoms with Gasteiger partial charge in [-0.15, -0.1) is 0 Å². The Bertz CT molecular complexity index is 1020. The molecule has 1 atom stereocenters. The van der Waals surface area contributed by atoms with Crippen molar-refractivity contribution in [2.75, 3.05) is 34.0 Å². The zero-order chi connectivity index (χ0) is 23.6. The average molecular weight is 504 g/mol. The number of nitrogens with zero attached hydrogens (tertiary/aromatic N) is 2. The molecule has 8 heteroatoms. The molecular formula is C24H30BrN3O4. The van der Waals surface area contributed by atoms with Crippen LogP contribution in [-0.4, -0.2) is 44.7 Å². The van der Waals surface area contributed by atoms with Crippen LogP contribution in [-0.2, 0) is 9.53 Å². The predicted molar refractivity (Wildman–Crippen MR) is 125 cm³/mol. The first-order valence-electron chi connectivity index (χ1n) is 10.6. The molecule has 7 nitrogen and oxygen atoms in total. The molecule has 32 heavy (non-hydrogen) atoms. The summed E-state index contributed by atoms with van der Waals surface area (Å²) in [5.41, 5.74) is 8.95. The Kier molecular flexibility index (Phi) is 7.21. The van der Waals surface area contributed by atoms with Gasteiger partial charge < -0.3 is 24.8 Å². The number of allylic oxidation sites excluding steroid dienone is 3. The summed E-state index contributed by atoms with van der Waals surface area (Å²) in [6.45, 7) is 7.43. The highest BCUT2D eigenvalue weighted by molar-refractivity contribution is 9.10. The van der Waals surface area contributed by atoms with E-state index in [1.54, 1.807) is 14.2 Å². The number of nitrogens with two attached hydrogens (primary N) is 1. The number of nitriles is 1. The smallest absolute Gasteiger partial charge is 0.175 e. The molecular weight excluding hydrogens is 474 g/mol. The number of rotatable bonds is 7. The summed E-state index contributed by atoms with van der Waals surface area (Å²) in [5.74, 6) is 0.936. The van der Waals surface area contributed by atoms with Crippen molar-refractivity contribution in [1.82, 2.24) is 4.90 Å². The van der Waals surface area contributed by atoms with Crippen LogP contribution in [0.1, 0.15) is 45.1 Å². The molecule has 0 saturated heterocycles. The molecule has 0 bridgehead atoms. The molecule has 0 saturated carbocycles. The molecule has 0 amide bonds. The van der Waals surface area contributed by atoms with Crippen LogP contribution in [0.3, 0.4) is 0 Å². The summed E-state index contributed by atoms with van der Waals surface area (Å²) in [5, 5.41) is 10.1. The van der Waals surface area contributed by atoms with Crippen LogP contribution in [0.25, 0.3) is 0 Å². The molecule has 2 aliphatic rings. The summed E-state index contributed by atoms with van der Waals surface area (Å²) < 4.78 is 17.2. The molecule has 1 aliphatic heterocycles. The van der Waals surface area contributed by atoms with Crippen LogP contribution in [0.15, 0.2) is 39.3 Å². The molecule has 3 rings (SSSR count). The van der Waals surface area contributed by atoms with Gasteiger partial charge in [0.1, 0.15) is 5.82 Å². The van der Waals surface area contributed by atoms with E-state index in [9.17, 15) is 10.1 Å². The van der Waals surface area contributed by atoms with E-state index in [0.29, 0.717) is 65.5 Å². The SMILES string of the molecule is CCOc1c(Br)cc([C@@H]2C(C#N)=C(N)N(CCOC)C3=C2C(=O)CC(C)(C)C3)cc1OC. The number of Topliss-reactive ketones (excluding diaryl/α,β-unsaturated/α-hetero) is 1. The maximum Gasteiger partial charge on any atom is 0.175 e. The molecule has 1 aliphatic carbocycles. The van der Waals surface area contributed by atoms with Crippen molar-refractivity contribution in [1.29, 1.82) is 5.26 Å². The van der Waals surface area contributed by atoms with Crippen molar-refractivity contribution < 1.29 is 19.0 Å². The molecule has 1 heterocycles. The number of methoxy groups -OCH3 is 2. The zero-order valence-electron chi connectivity index (χ0n) is 19.3. The Morgan fingerprint density at radius 1 is 1.31 bits per heavy atom. The number of hydrogen-bond donors (Lipinski definition) is 1. The van der Waals surface area contributed by atoms with E-state index >= 15 is 0 Å². The van der Waals surface area contributed by atoms with Gasteiger partial charge in [-0.2, -0.15) is 5.26 Å². The molecule has 1 aromatic carbocycles. The Morgan fingerprint density at radius 3 is 2.62 bits per heavy atom. The maximum atomic E-state index is 13.5. The van der Waals surface area contributed by atoms with Gasteiger partial charge in [0.25, 0.3) is 0 Å². The van der Waals surface area contributed by atoms with Gasteiger partial charge in [-0.05, 0) is 52.4 Å². The molecule has 0 unspecified atom stereocenters. The molecule has 2 N–H and O–H groups in total. The molecule has 0 aromatic heterocycles. The number of ether oxygens (including phenoxy) is 3. The predicted octanol–water partition coefficient (Wildman–Crippen LogP) is 4.24. The van der Waals surface area contributed by atoms with Crippen LogP contribution < -0.4 is 15.2 Å². The fraction of sp³-hybridized carbons (Fsp3) is 0.500. The third-order valence-corrected chi connectivity index (χ3v) is 6.47. The minimum Gasteiger partial charge on any atom is -0.493 e. The van der Waals surface area contributed by atoms with Crippen LogP contribution in [0.5, 0.6) is 11.5 Å². The Labute approximate surface area is 197 Å². The number of carbonyl (C=O) groups excluding carboxylic acids is 1. The quantitative estimate of drug-likeness (QED) is 0.593. The molecule has 0 spiro atoms. The lowest BCUT2D eigenvalue weighted by molar-refractivity contribution is -0.118. The lowest BCUT2D eigenvalue weighted by Crippen LogP contribution is -2.43. The number of ketones is 1. The monoisotopic (exact) mass is 503 g/mol. The molecule has 1 aromatic rings. The van der Waals surface area contributed by atoms with E-state index in [2.05, 4.69) is 35.8 Å². The summed E-state index contributed by atoms with van der Waals surface area (Å²) in [6, 6.07) is 5.99. The van der Waals surface area contributed by atoms with Crippen molar-refractivity contribution >= 4 is 21.7 Å². The third-order valence-electron chi connectivity index (χ3n) is 5.88. The second-order valence-corrected chi connectivity index (χ2v) is 9.61. The summed E-state index contributed by atoms with van der Waals surface area (Å²) in [6.07, 6.45) is 1.09. The minimum atomic E-state index is -0.571. The molecule has 0 radical (unpaired) electrons. The Balaban J connectivity index is 2.25. The van der Waals surface area contributed by atoms with Crippen molar-refractivity contribution in [3.8, 4) is 17.6 Å². The topological polar surface area (TPSA) is 97.8 Å². The number of benzene rings is 1. The van der Waals surface area contributed by atoms with Gasteiger partial charge in [0, 0.05) is 31.3 Å². The largest absolute Gasteiger partial charge is 0.493 e. The van der Waals surface area contributed by atoms with Crippen LogP contribution in [0, 0.1) is 16.7 Å². The Hall–Kier alpha value is -2.50. The van der Waals surface area contributed by atoms with Crippen LogP contribution in [0.2, 0.25) is 0 Å². The highest BCUT2D eigenvalue weighted by Crippen LogP contribution is 2.50. The Morgan fingerprint density at radius 2 is 2.03 bits per heavy atom. The fourth-order valence-electron chi connectivity index (χ4n) is 4.54. The van der Waals surface area contributed by atoms with E-state index in [1.807, 2.05) is 24.0 Å². The van der Waals surface area contributed by atoms with E-state index in [1.165, 1.54) is 0 Å². The van der Waals surface area contributed by atoms with Gasteiger partial charge in [0.2, 0.25) is 0 Å². The second kappa shape index (κ2) is 9.55. The van der Waals surface area contributed by atoms with Crippen molar-refractivity contribution in [2.45, 2.75) is 39.5 Å². The first-order chi connectivity index (χ1) is 15.2. The highest BCUT2D eigenvalue weighted by atomic mass is 79.9. The first-order valence-corrected chi connectivity index (χ1v) is 11.4. The minimum absolute atomic E-state index is 0.0351. The lowest BCUT2D eigenvalue weighted by atomic mass is 9.68. The number of hydrogen-bond acceptors (Lipinski definition) is 7. The number of halogens is 1. The fourth-order valence-corrected chi connectivity index (χ4v) is 5.11. The summed E-state index contributed by atoms with van der Waals surface area (Å²) in [7, 11) is 3.18. The van der Waals surface area contributed by atoms with Crippen molar-refractivity contribution in [2.24, 2.45) is 11.1 Å². The first kappa shape index (κ1) is 24.1. The average Bonchev–Trinajstić information content (AvgIpc) is 2.73. The van der Waals surface area contributed by atoms with Gasteiger partial charge in [0.15, 0.2) is 17.3 Å². The molecule has 0 fully saturated rings. The lowest BCUT2D eigenvalue weighted by Gasteiger charge is -2.43. The van der Waals surface area contributed by atoms with E-state index in [-0.39, 0.29) is 11.2 Å². The van der Waals surface area contributed by atoms with Crippen LogP contribution in [0.4, 0.5) is 0 Å². The highest BCUT2D eigenvalue weighted by Gasteiger charge is 2.44. The van der Waals surface area contributed by atoms with Gasteiger partial charge in [0.05, 0.1) is 42.4 Å². The van der Waals surface area contributed by atoms with E-state index < -0.39 is 5.92 Å². The van der Waals surface area contributed by atoms with E-state index in [0.717, 1.165) is 11.3 Å². The van der Waals surface area contributed by atoms with Crippen molar-refractivity contribution in [3.63, 3.8) is 0 Å². The number of carbonyl (C=O) groups is 1. The maximum absolute atomic E-state index is 13.5. The summed E-state index contributed by atoms with van der Waals surface area (Å²) in [4.78, 5) is 15.4. The van der Waals surface area contributed by atoms with Gasteiger partial charge >= 0.3 is 0 Å². The standard InChI is InChI=1S/C24H30BrN3O4/c1-6-32-22-16(25)9-14(10-19(22)31-5)20-15(13-26)23(27)28(7-8-30-4)17-11-24(2,3)12-18(29)21(17)20/h9-10,20H,6-8,11-12,27H2,1-5H3/t20-/m1/s1. The second-order valence-electron chi connectivity index (χ2n) is 8.76. The van der Waals surface area contributed by atoms with E-state index in [4.69, 9.17) is 19.9 Å². The van der Waals surface area contributed by atoms with Gasteiger partial charge in [-0.3, -0.25) is 4.79 Å². The summed E-state index contributed by atoms with van der Waals surface area (Å²) >= 11 is 3.57. The normalized spacial score (nSPS) is 20.2. The van der Waals surface area contributed by atoms with Crippen LogP contribution >= 0.6 is 15.9 Å². The van der Waals surface area contributed by atoms with Gasteiger partial charge in [-0.1, -0.05) is 13.8 Å². The third kappa shape index (κ3) is 4.37. The molecule has 172 valence electrons. The van der Waals surface area contributed by atoms with Gasteiger partial charge in [-0.25, -0.2) is 0 Å². The van der Waals surface area contributed by atoms with Crippen molar-refractivity contribution in [3.05, 3.63) is 44.8 Å². The zero-order valence-corrected chi connectivity index (χ0v) is 20.8.